The molecule has 0 radical (unpaired) electrons. The molecule has 170 valence electrons. The van der Waals surface area contributed by atoms with Gasteiger partial charge in [-0.05, 0) is 66.2 Å². The van der Waals surface area contributed by atoms with Crippen LogP contribution in [0.3, 0.4) is 0 Å². The Morgan fingerprint density at radius 3 is 2.45 bits per heavy atom. The van der Waals surface area contributed by atoms with Gasteiger partial charge in [-0.1, -0.05) is 17.7 Å². The Kier molecular flexibility index (Phi) is 8.26. The maximum Gasteiger partial charge on any atom is 0.343 e. The van der Waals surface area contributed by atoms with Gasteiger partial charge in [-0.2, -0.15) is 5.10 Å². The largest absolute Gasteiger partial charge is 0.497 e. The quantitative estimate of drug-likeness (QED) is 0.220. The molecule has 0 aromatic heterocycles. The molecular formula is C24H21ClN2O6. The number of hydrogen-bond donors (Lipinski definition) is 1. The fraction of sp³-hybridized carbons (Fsp3) is 0.125. The minimum absolute atomic E-state index is 0.207. The van der Waals surface area contributed by atoms with E-state index in [1.165, 1.54) is 20.4 Å². The number of methoxy groups -OCH3 is 2. The van der Waals surface area contributed by atoms with Crippen molar-refractivity contribution < 1.29 is 28.5 Å². The molecule has 1 N–H and O–H groups in total. The SMILES string of the molecule is COc1cccc(C(=O)Oc2ccc(/C=N/NC(=O)COc3ccc(Cl)cc3)cc2OC)c1. The van der Waals surface area contributed by atoms with E-state index in [-0.39, 0.29) is 12.4 Å². The Labute approximate surface area is 195 Å². The second-order valence-corrected chi connectivity index (χ2v) is 7.00. The Morgan fingerprint density at radius 2 is 1.73 bits per heavy atom. The van der Waals surface area contributed by atoms with Crippen LogP contribution >= 0.6 is 11.6 Å². The lowest BCUT2D eigenvalue weighted by Crippen LogP contribution is -2.24. The number of hydrogen-bond acceptors (Lipinski definition) is 7. The highest BCUT2D eigenvalue weighted by Gasteiger charge is 2.13. The van der Waals surface area contributed by atoms with Crippen LogP contribution in [0.5, 0.6) is 23.0 Å². The number of hydrazone groups is 1. The fourth-order valence-electron chi connectivity index (χ4n) is 2.65. The lowest BCUT2D eigenvalue weighted by Gasteiger charge is -2.10. The molecule has 0 aliphatic carbocycles. The second-order valence-electron chi connectivity index (χ2n) is 6.57. The van der Waals surface area contributed by atoms with Crippen LogP contribution < -0.4 is 24.4 Å². The van der Waals surface area contributed by atoms with Gasteiger partial charge in [-0.3, -0.25) is 4.79 Å². The van der Waals surface area contributed by atoms with Crippen molar-refractivity contribution >= 4 is 29.7 Å². The zero-order valence-electron chi connectivity index (χ0n) is 17.9. The molecule has 3 aromatic rings. The molecule has 0 aliphatic rings. The van der Waals surface area contributed by atoms with Crippen LogP contribution in [0.25, 0.3) is 0 Å². The molecule has 3 aromatic carbocycles. The van der Waals surface area contributed by atoms with E-state index in [1.54, 1.807) is 66.7 Å². The fourth-order valence-corrected chi connectivity index (χ4v) is 2.77. The summed E-state index contributed by atoms with van der Waals surface area (Å²) in [6.07, 6.45) is 1.43. The first-order chi connectivity index (χ1) is 16.0. The van der Waals surface area contributed by atoms with Crippen LogP contribution in [0.1, 0.15) is 15.9 Å². The molecule has 0 saturated heterocycles. The number of amides is 1. The van der Waals surface area contributed by atoms with Gasteiger partial charge in [0.15, 0.2) is 18.1 Å². The summed E-state index contributed by atoms with van der Waals surface area (Å²) >= 11 is 5.80. The number of halogens is 1. The van der Waals surface area contributed by atoms with Gasteiger partial charge in [-0.25, -0.2) is 10.2 Å². The molecule has 0 fully saturated rings. The maximum absolute atomic E-state index is 12.4. The highest BCUT2D eigenvalue weighted by molar-refractivity contribution is 6.30. The number of ether oxygens (including phenoxy) is 4. The van der Waals surface area contributed by atoms with E-state index in [4.69, 9.17) is 30.5 Å². The van der Waals surface area contributed by atoms with Crippen molar-refractivity contribution in [2.24, 2.45) is 5.10 Å². The molecule has 9 heteroatoms. The van der Waals surface area contributed by atoms with Gasteiger partial charge in [0.25, 0.3) is 5.91 Å². The third kappa shape index (κ3) is 6.98. The summed E-state index contributed by atoms with van der Waals surface area (Å²) in [5, 5.41) is 4.47. The lowest BCUT2D eigenvalue weighted by atomic mass is 10.2. The van der Waals surface area contributed by atoms with Crippen LogP contribution in [0, 0.1) is 0 Å². The van der Waals surface area contributed by atoms with Gasteiger partial charge in [0.1, 0.15) is 11.5 Å². The molecule has 0 bridgehead atoms. The van der Waals surface area contributed by atoms with E-state index >= 15 is 0 Å². The summed E-state index contributed by atoms with van der Waals surface area (Å²) in [6.45, 7) is -0.207. The molecule has 0 aliphatic heterocycles. The highest BCUT2D eigenvalue weighted by Crippen LogP contribution is 2.28. The number of benzene rings is 3. The molecule has 0 spiro atoms. The summed E-state index contributed by atoms with van der Waals surface area (Å²) in [7, 11) is 2.97. The molecule has 0 saturated carbocycles. The van der Waals surface area contributed by atoms with E-state index in [0.29, 0.717) is 33.4 Å². The van der Waals surface area contributed by atoms with Crippen LogP contribution in [0.15, 0.2) is 71.8 Å². The van der Waals surface area contributed by atoms with Gasteiger partial charge >= 0.3 is 5.97 Å². The summed E-state index contributed by atoms with van der Waals surface area (Å²) in [5.41, 5.74) is 3.33. The van der Waals surface area contributed by atoms with Crippen molar-refractivity contribution in [3.8, 4) is 23.0 Å². The van der Waals surface area contributed by atoms with Gasteiger partial charge < -0.3 is 18.9 Å². The van der Waals surface area contributed by atoms with Gasteiger partial charge in [0, 0.05) is 5.02 Å². The summed E-state index contributed by atoms with van der Waals surface area (Å²) < 4.78 is 21.2. The molecule has 0 unspecified atom stereocenters. The number of esters is 1. The van der Waals surface area contributed by atoms with Crippen molar-refractivity contribution in [3.05, 3.63) is 82.9 Å². The summed E-state index contributed by atoms with van der Waals surface area (Å²) in [6, 6.07) is 18.1. The van der Waals surface area contributed by atoms with Crippen molar-refractivity contribution in [2.75, 3.05) is 20.8 Å². The first-order valence-corrected chi connectivity index (χ1v) is 10.1. The highest BCUT2D eigenvalue weighted by atomic mass is 35.5. The molecule has 33 heavy (non-hydrogen) atoms. The number of carbonyl (C=O) groups excluding carboxylic acids is 2. The molecule has 0 atom stereocenters. The molecule has 1 amide bonds. The first-order valence-electron chi connectivity index (χ1n) is 9.73. The predicted octanol–water partition coefficient (Wildman–Crippen LogP) is 4.11. The Balaban J connectivity index is 1.57. The predicted molar refractivity (Wildman–Crippen MR) is 124 cm³/mol. The van der Waals surface area contributed by atoms with Crippen molar-refractivity contribution in [1.29, 1.82) is 0 Å². The maximum atomic E-state index is 12.4. The van der Waals surface area contributed by atoms with Gasteiger partial charge in [0.05, 0.1) is 26.0 Å². The van der Waals surface area contributed by atoms with Gasteiger partial charge in [0.2, 0.25) is 0 Å². The summed E-state index contributed by atoms with van der Waals surface area (Å²) in [5.74, 6) is 0.639. The van der Waals surface area contributed by atoms with E-state index in [0.717, 1.165) is 0 Å². The van der Waals surface area contributed by atoms with E-state index < -0.39 is 11.9 Å². The van der Waals surface area contributed by atoms with Crippen LogP contribution in [0.2, 0.25) is 5.02 Å². The van der Waals surface area contributed by atoms with Crippen LogP contribution in [0.4, 0.5) is 0 Å². The van der Waals surface area contributed by atoms with Crippen molar-refractivity contribution in [1.82, 2.24) is 5.43 Å². The van der Waals surface area contributed by atoms with Gasteiger partial charge in [-0.15, -0.1) is 0 Å². The van der Waals surface area contributed by atoms with E-state index in [1.807, 2.05) is 0 Å². The Bertz CT molecular complexity index is 1150. The standard InChI is InChI=1S/C24H21ClN2O6/c1-30-20-5-3-4-17(13-20)24(29)33-21-11-6-16(12-22(21)31-2)14-26-27-23(28)15-32-19-9-7-18(25)8-10-19/h3-14H,15H2,1-2H3,(H,27,28)/b26-14+. The molecular weight excluding hydrogens is 448 g/mol. The van der Waals surface area contributed by atoms with Crippen molar-refractivity contribution in [2.45, 2.75) is 0 Å². The van der Waals surface area contributed by atoms with E-state index in [2.05, 4.69) is 10.5 Å². The van der Waals surface area contributed by atoms with E-state index in [9.17, 15) is 9.59 Å². The second kappa shape index (κ2) is 11.5. The summed E-state index contributed by atoms with van der Waals surface area (Å²) in [4.78, 5) is 24.3. The van der Waals surface area contributed by atoms with Crippen molar-refractivity contribution in [3.63, 3.8) is 0 Å². The topological polar surface area (TPSA) is 95.5 Å². The molecule has 3 rings (SSSR count). The Hall–Kier alpha value is -4.04. The zero-order chi connectivity index (χ0) is 23.6. The third-order valence-electron chi connectivity index (χ3n) is 4.28. The minimum Gasteiger partial charge on any atom is -0.497 e. The number of nitrogens with one attached hydrogen (secondary N) is 1. The normalized spacial score (nSPS) is 10.5. The average molecular weight is 469 g/mol. The molecule has 0 heterocycles. The smallest absolute Gasteiger partial charge is 0.343 e. The molecule has 8 nitrogen and oxygen atoms in total. The van der Waals surface area contributed by atoms with Crippen LogP contribution in [-0.2, 0) is 4.79 Å². The number of carbonyl (C=O) groups is 2. The minimum atomic E-state index is -0.554. The third-order valence-corrected chi connectivity index (χ3v) is 4.53. The zero-order valence-corrected chi connectivity index (χ0v) is 18.7. The average Bonchev–Trinajstić information content (AvgIpc) is 2.84. The van der Waals surface area contributed by atoms with Crippen LogP contribution in [-0.4, -0.2) is 38.9 Å². The number of nitrogens with zero attached hydrogens (tertiary/aromatic N) is 1. The monoisotopic (exact) mass is 468 g/mol. The lowest BCUT2D eigenvalue weighted by molar-refractivity contribution is -0.123. The first kappa shape index (κ1) is 23.6. The number of rotatable bonds is 9. The Morgan fingerprint density at radius 1 is 0.939 bits per heavy atom.